The zero-order chi connectivity index (χ0) is 20.1. The van der Waals surface area contributed by atoms with E-state index in [9.17, 15) is 9.59 Å². The lowest BCUT2D eigenvalue weighted by Crippen LogP contribution is -2.31. The Hall–Kier alpha value is -3.00. The molecule has 1 N–H and O–H groups in total. The molecule has 2 amide bonds. The largest absolute Gasteiger partial charge is 0.495 e. The first-order valence-corrected chi connectivity index (χ1v) is 9.08. The van der Waals surface area contributed by atoms with Gasteiger partial charge in [0, 0.05) is 32.3 Å². The van der Waals surface area contributed by atoms with Gasteiger partial charge in [-0.25, -0.2) is 9.97 Å². The highest BCUT2D eigenvalue weighted by atomic mass is 16.5. The molecule has 8 heteroatoms. The molecule has 2 aromatic rings. The molecule has 8 nitrogen and oxygen atoms in total. The Morgan fingerprint density at radius 3 is 2.79 bits per heavy atom. The van der Waals surface area contributed by atoms with E-state index in [0.717, 1.165) is 6.42 Å². The number of likely N-dealkylation sites (tertiary alicyclic amines) is 1. The Morgan fingerprint density at radius 2 is 2.07 bits per heavy atom. The van der Waals surface area contributed by atoms with E-state index in [4.69, 9.17) is 9.47 Å². The lowest BCUT2D eigenvalue weighted by Gasteiger charge is -2.16. The number of carbonyl (C=O) groups excluding carboxylic acids is 2. The van der Waals surface area contributed by atoms with E-state index >= 15 is 0 Å². The molecule has 1 aromatic heterocycles. The number of carbonyl (C=O) groups is 2. The summed E-state index contributed by atoms with van der Waals surface area (Å²) in [5.74, 6) is 0.967. The van der Waals surface area contributed by atoms with Gasteiger partial charge in [0.1, 0.15) is 18.2 Å². The minimum absolute atomic E-state index is 0.0328. The summed E-state index contributed by atoms with van der Waals surface area (Å²) in [5, 5.41) is 2.83. The van der Waals surface area contributed by atoms with Crippen molar-refractivity contribution in [2.24, 2.45) is 0 Å². The highest BCUT2D eigenvalue weighted by Gasteiger charge is 2.29. The van der Waals surface area contributed by atoms with Crippen LogP contribution in [0.15, 0.2) is 30.5 Å². The average molecular weight is 384 g/mol. The summed E-state index contributed by atoms with van der Waals surface area (Å²) in [6, 6.07) is 7.20. The number of ether oxygens (including phenoxy) is 2. The predicted molar refractivity (Wildman–Crippen MR) is 104 cm³/mol. The van der Waals surface area contributed by atoms with E-state index in [0.29, 0.717) is 41.6 Å². The summed E-state index contributed by atoms with van der Waals surface area (Å²) in [6.07, 6.45) is 2.34. The van der Waals surface area contributed by atoms with Crippen LogP contribution in [0.2, 0.25) is 0 Å². The molecule has 0 radical (unpaired) electrons. The van der Waals surface area contributed by atoms with Crippen molar-refractivity contribution in [2.45, 2.75) is 19.3 Å². The topological polar surface area (TPSA) is 93.7 Å². The normalized spacial score (nSPS) is 16.1. The van der Waals surface area contributed by atoms with E-state index < -0.39 is 0 Å². The quantitative estimate of drug-likeness (QED) is 0.819. The number of para-hydroxylation sites is 2. The maximum absolute atomic E-state index is 12.6. The molecule has 1 aliphatic heterocycles. The molecule has 1 aliphatic rings. The van der Waals surface area contributed by atoms with Gasteiger partial charge in [-0.2, -0.15) is 0 Å². The van der Waals surface area contributed by atoms with Crippen LogP contribution in [0.5, 0.6) is 5.75 Å². The summed E-state index contributed by atoms with van der Waals surface area (Å²) < 4.78 is 10.2. The van der Waals surface area contributed by atoms with Crippen LogP contribution in [0.1, 0.15) is 34.2 Å². The Bertz CT molecular complexity index is 871. The van der Waals surface area contributed by atoms with Gasteiger partial charge in [0.2, 0.25) is 5.91 Å². The molecule has 3 rings (SSSR count). The first-order chi connectivity index (χ1) is 13.5. The molecule has 0 saturated carbocycles. The van der Waals surface area contributed by atoms with Crippen LogP contribution in [0.25, 0.3) is 0 Å². The maximum atomic E-state index is 12.6. The fourth-order valence-corrected chi connectivity index (χ4v) is 3.25. The van der Waals surface area contributed by atoms with Crippen LogP contribution in [0.3, 0.4) is 0 Å². The van der Waals surface area contributed by atoms with Crippen molar-refractivity contribution in [3.8, 4) is 5.75 Å². The average Bonchev–Trinajstić information content (AvgIpc) is 3.19. The molecule has 0 spiro atoms. The van der Waals surface area contributed by atoms with E-state index in [1.165, 1.54) is 7.11 Å². The number of methoxy groups -OCH3 is 2. The van der Waals surface area contributed by atoms with Crippen LogP contribution in [0, 0.1) is 6.92 Å². The monoisotopic (exact) mass is 384 g/mol. The minimum Gasteiger partial charge on any atom is -0.495 e. The van der Waals surface area contributed by atoms with Crippen LogP contribution in [0.4, 0.5) is 5.69 Å². The number of benzene rings is 1. The van der Waals surface area contributed by atoms with Crippen molar-refractivity contribution in [2.75, 3.05) is 39.2 Å². The lowest BCUT2D eigenvalue weighted by molar-refractivity contribution is -0.134. The first-order valence-electron chi connectivity index (χ1n) is 9.08. The summed E-state index contributed by atoms with van der Waals surface area (Å²) >= 11 is 0. The van der Waals surface area contributed by atoms with Gasteiger partial charge in [-0.15, -0.1) is 0 Å². The van der Waals surface area contributed by atoms with Crippen LogP contribution in [-0.4, -0.2) is 60.6 Å². The number of aromatic nitrogens is 2. The van der Waals surface area contributed by atoms with E-state index in [2.05, 4.69) is 15.3 Å². The zero-order valence-corrected chi connectivity index (χ0v) is 16.3. The number of nitrogens with zero attached hydrogens (tertiary/aromatic N) is 3. The van der Waals surface area contributed by atoms with Crippen LogP contribution in [-0.2, 0) is 9.53 Å². The lowest BCUT2D eigenvalue weighted by atomic mass is 10.1. The molecule has 1 saturated heterocycles. The number of hydrogen-bond donors (Lipinski definition) is 1. The molecule has 0 aliphatic carbocycles. The second kappa shape index (κ2) is 8.79. The van der Waals surface area contributed by atoms with Gasteiger partial charge in [-0.3, -0.25) is 9.59 Å². The Balaban J connectivity index is 1.70. The Labute approximate surface area is 163 Å². The van der Waals surface area contributed by atoms with E-state index in [-0.39, 0.29) is 24.3 Å². The molecule has 28 heavy (non-hydrogen) atoms. The standard InChI is InChI=1S/C20H24N4O4/c1-13-15(20(26)23-16-6-4-5-7-17(16)28-3)10-21-19(22-13)14-8-9-24(11-14)18(25)12-27-2/h4-7,10,14H,8-9,11-12H2,1-3H3,(H,23,26)/t14-/m1/s1. The van der Waals surface area contributed by atoms with Crippen molar-refractivity contribution < 1.29 is 19.1 Å². The summed E-state index contributed by atoms with van der Waals surface area (Å²) in [7, 11) is 3.06. The van der Waals surface area contributed by atoms with Crippen molar-refractivity contribution in [1.82, 2.24) is 14.9 Å². The SMILES string of the molecule is COCC(=O)N1CC[C@@H](c2ncc(C(=O)Nc3ccccc3OC)c(C)n2)C1. The van der Waals surface area contributed by atoms with Crippen LogP contribution >= 0.6 is 0 Å². The Morgan fingerprint density at radius 1 is 1.29 bits per heavy atom. The highest BCUT2D eigenvalue weighted by Crippen LogP contribution is 2.26. The van der Waals surface area contributed by atoms with E-state index in [1.54, 1.807) is 37.3 Å². The van der Waals surface area contributed by atoms with Gasteiger partial charge in [0.25, 0.3) is 5.91 Å². The fraction of sp³-hybridized carbons (Fsp3) is 0.400. The molecule has 148 valence electrons. The molecular weight excluding hydrogens is 360 g/mol. The number of amides is 2. The molecule has 0 unspecified atom stereocenters. The third kappa shape index (κ3) is 4.28. The van der Waals surface area contributed by atoms with Gasteiger partial charge in [-0.05, 0) is 25.5 Å². The fourth-order valence-electron chi connectivity index (χ4n) is 3.25. The number of aryl methyl sites for hydroxylation is 1. The molecule has 1 atom stereocenters. The third-order valence-corrected chi connectivity index (χ3v) is 4.77. The Kier molecular flexibility index (Phi) is 6.20. The molecule has 2 heterocycles. The van der Waals surface area contributed by atoms with Crippen molar-refractivity contribution >= 4 is 17.5 Å². The maximum Gasteiger partial charge on any atom is 0.259 e. The molecular formula is C20H24N4O4. The van der Waals surface area contributed by atoms with Gasteiger partial charge in [-0.1, -0.05) is 12.1 Å². The second-order valence-corrected chi connectivity index (χ2v) is 6.64. The summed E-state index contributed by atoms with van der Waals surface area (Å²) in [5.41, 5.74) is 1.58. The number of nitrogens with one attached hydrogen (secondary N) is 1. The first kappa shape index (κ1) is 19.8. The summed E-state index contributed by atoms with van der Waals surface area (Å²) in [6.45, 7) is 3.08. The van der Waals surface area contributed by atoms with Gasteiger partial charge in [0.05, 0.1) is 24.1 Å². The molecule has 0 bridgehead atoms. The minimum atomic E-state index is -0.295. The smallest absolute Gasteiger partial charge is 0.259 e. The molecule has 1 aromatic carbocycles. The van der Waals surface area contributed by atoms with Gasteiger partial charge in [0.15, 0.2) is 0 Å². The van der Waals surface area contributed by atoms with Crippen molar-refractivity contribution in [3.05, 3.63) is 47.5 Å². The van der Waals surface area contributed by atoms with Gasteiger partial charge >= 0.3 is 0 Å². The van der Waals surface area contributed by atoms with Crippen molar-refractivity contribution in [1.29, 1.82) is 0 Å². The van der Waals surface area contributed by atoms with Crippen molar-refractivity contribution in [3.63, 3.8) is 0 Å². The third-order valence-electron chi connectivity index (χ3n) is 4.77. The number of hydrogen-bond acceptors (Lipinski definition) is 6. The highest BCUT2D eigenvalue weighted by molar-refractivity contribution is 6.05. The second-order valence-electron chi connectivity index (χ2n) is 6.64. The number of rotatable bonds is 6. The molecule has 1 fully saturated rings. The van der Waals surface area contributed by atoms with Gasteiger partial charge < -0.3 is 19.7 Å². The number of anilines is 1. The summed E-state index contributed by atoms with van der Waals surface area (Å²) in [4.78, 5) is 35.3. The van der Waals surface area contributed by atoms with Crippen LogP contribution < -0.4 is 10.1 Å². The predicted octanol–water partition coefficient (Wildman–Crippen LogP) is 2.01. The van der Waals surface area contributed by atoms with E-state index in [1.807, 2.05) is 12.1 Å². The zero-order valence-electron chi connectivity index (χ0n) is 16.3.